The Hall–Kier alpha value is -2.67. The molecule has 1 amide bonds. The molecule has 0 aliphatic rings. The summed E-state index contributed by atoms with van der Waals surface area (Å²) in [7, 11) is 1.58. The number of rotatable bonds is 9. The van der Waals surface area contributed by atoms with Crippen LogP contribution in [-0.4, -0.2) is 36.6 Å². The van der Waals surface area contributed by atoms with Crippen molar-refractivity contribution in [2.45, 2.75) is 32.9 Å². The Morgan fingerprint density at radius 1 is 1.32 bits per heavy atom. The SMILES string of the molecule is CC[C@@H](COC)NC(=O)c1cc(COc2cccc(C(C)=O)c2)on1. The number of methoxy groups -OCH3 is 1. The summed E-state index contributed by atoms with van der Waals surface area (Å²) in [5.41, 5.74) is 0.754. The predicted molar refractivity (Wildman–Crippen MR) is 90.7 cm³/mol. The van der Waals surface area contributed by atoms with E-state index in [1.165, 1.54) is 13.0 Å². The Morgan fingerprint density at radius 2 is 2.12 bits per heavy atom. The largest absolute Gasteiger partial charge is 0.486 e. The van der Waals surface area contributed by atoms with Crippen molar-refractivity contribution in [3.8, 4) is 5.75 Å². The first-order valence-electron chi connectivity index (χ1n) is 8.02. The van der Waals surface area contributed by atoms with Gasteiger partial charge in [-0.05, 0) is 25.5 Å². The second kappa shape index (κ2) is 8.98. The fraction of sp³-hybridized carbons (Fsp3) is 0.389. The third-order valence-corrected chi connectivity index (χ3v) is 3.61. The van der Waals surface area contributed by atoms with E-state index in [2.05, 4.69) is 10.5 Å². The molecule has 0 saturated heterocycles. The molecule has 1 N–H and O–H groups in total. The molecule has 0 aliphatic carbocycles. The number of benzene rings is 1. The van der Waals surface area contributed by atoms with E-state index in [9.17, 15) is 9.59 Å². The molecule has 0 fully saturated rings. The average molecular weight is 346 g/mol. The zero-order chi connectivity index (χ0) is 18.2. The number of ether oxygens (including phenoxy) is 2. The van der Waals surface area contributed by atoms with Crippen molar-refractivity contribution in [1.82, 2.24) is 10.5 Å². The van der Waals surface area contributed by atoms with Crippen LogP contribution in [0.25, 0.3) is 0 Å². The minimum Gasteiger partial charge on any atom is -0.486 e. The topological polar surface area (TPSA) is 90.7 Å². The van der Waals surface area contributed by atoms with E-state index in [0.29, 0.717) is 23.7 Å². The van der Waals surface area contributed by atoms with Crippen LogP contribution in [-0.2, 0) is 11.3 Å². The molecular formula is C18H22N2O5. The van der Waals surface area contributed by atoms with Gasteiger partial charge < -0.3 is 19.3 Å². The Bertz CT molecular complexity index is 726. The van der Waals surface area contributed by atoms with Crippen molar-refractivity contribution in [2.75, 3.05) is 13.7 Å². The van der Waals surface area contributed by atoms with Gasteiger partial charge in [0.2, 0.25) is 0 Å². The molecule has 7 heteroatoms. The van der Waals surface area contributed by atoms with Crippen molar-refractivity contribution < 1.29 is 23.6 Å². The Balaban J connectivity index is 1.94. The molecule has 0 unspecified atom stereocenters. The molecule has 1 heterocycles. The molecule has 25 heavy (non-hydrogen) atoms. The summed E-state index contributed by atoms with van der Waals surface area (Å²) in [5, 5.41) is 6.59. The summed E-state index contributed by atoms with van der Waals surface area (Å²) in [4.78, 5) is 23.5. The highest BCUT2D eigenvalue weighted by Gasteiger charge is 2.16. The molecular weight excluding hydrogens is 324 g/mol. The van der Waals surface area contributed by atoms with Crippen molar-refractivity contribution in [1.29, 1.82) is 0 Å². The number of nitrogens with zero attached hydrogens (tertiary/aromatic N) is 1. The van der Waals surface area contributed by atoms with Gasteiger partial charge in [-0.25, -0.2) is 0 Å². The second-order valence-electron chi connectivity index (χ2n) is 5.59. The number of nitrogens with one attached hydrogen (secondary N) is 1. The van der Waals surface area contributed by atoms with Crippen LogP contribution in [0, 0.1) is 0 Å². The number of Topliss-reactive ketones (excluding diaryl/α,β-unsaturated/α-hetero) is 1. The van der Waals surface area contributed by atoms with E-state index in [1.807, 2.05) is 6.92 Å². The maximum absolute atomic E-state index is 12.1. The quantitative estimate of drug-likeness (QED) is 0.702. The number of ketones is 1. The van der Waals surface area contributed by atoms with Crippen LogP contribution < -0.4 is 10.1 Å². The number of hydrogen-bond acceptors (Lipinski definition) is 6. The van der Waals surface area contributed by atoms with Gasteiger partial charge in [0.1, 0.15) is 12.4 Å². The van der Waals surface area contributed by atoms with Gasteiger partial charge >= 0.3 is 0 Å². The zero-order valence-electron chi connectivity index (χ0n) is 14.6. The van der Waals surface area contributed by atoms with Gasteiger partial charge in [0.05, 0.1) is 12.6 Å². The lowest BCUT2D eigenvalue weighted by Gasteiger charge is -2.14. The smallest absolute Gasteiger partial charge is 0.273 e. The molecule has 1 aromatic carbocycles. The lowest BCUT2D eigenvalue weighted by Crippen LogP contribution is -2.37. The Morgan fingerprint density at radius 3 is 2.80 bits per heavy atom. The van der Waals surface area contributed by atoms with Crippen molar-refractivity contribution in [3.63, 3.8) is 0 Å². The lowest BCUT2D eigenvalue weighted by molar-refractivity contribution is 0.0885. The maximum Gasteiger partial charge on any atom is 0.273 e. The number of carbonyl (C=O) groups excluding carboxylic acids is 2. The van der Waals surface area contributed by atoms with Crippen LogP contribution >= 0.6 is 0 Å². The fourth-order valence-electron chi connectivity index (χ4n) is 2.17. The van der Waals surface area contributed by atoms with Crippen LogP contribution in [0.5, 0.6) is 5.75 Å². The Labute approximate surface area is 146 Å². The van der Waals surface area contributed by atoms with E-state index < -0.39 is 0 Å². The van der Waals surface area contributed by atoms with E-state index in [1.54, 1.807) is 31.4 Å². The van der Waals surface area contributed by atoms with Gasteiger partial charge in [0.25, 0.3) is 5.91 Å². The Kier molecular flexibility index (Phi) is 6.71. The van der Waals surface area contributed by atoms with Crippen LogP contribution in [0.4, 0.5) is 0 Å². The average Bonchev–Trinajstić information content (AvgIpc) is 3.09. The summed E-state index contributed by atoms with van der Waals surface area (Å²) < 4.78 is 15.8. The third kappa shape index (κ3) is 5.42. The first-order valence-corrected chi connectivity index (χ1v) is 8.02. The molecule has 2 rings (SSSR count). The van der Waals surface area contributed by atoms with Crippen LogP contribution in [0.1, 0.15) is 46.9 Å². The van der Waals surface area contributed by atoms with Gasteiger partial charge in [-0.3, -0.25) is 9.59 Å². The van der Waals surface area contributed by atoms with E-state index in [0.717, 1.165) is 6.42 Å². The minimum atomic E-state index is -0.322. The summed E-state index contributed by atoms with van der Waals surface area (Å²) in [6, 6.07) is 8.31. The maximum atomic E-state index is 12.1. The van der Waals surface area contributed by atoms with Gasteiger partial charge in [0.15, 0.2) is 17.2 Å². The van der Waals surface area contributed by atoms with Gasteiger partial charge in [0, 0.05) is 18.7 Å². The number of aromatic nitrogens is 1. The third-order valence-electron chi connectivity index (χ3n) is 3.61. The summed E-state index contributed by atoms with van der Waals surface area (Å²) >= 11 is 0. The highest BCUT2D eigenvalue weighted by Crippen LogP contribution is 2.16. The lowest BCUT2D eigenvalue weighted by atomic mass is 10.1. The molecule has 0 aliphatic heterocycles. The van der Waals surface area contributed by atoms with Crippen molar-refractivity contribution in [2.24, 2.45) is 0 Å². The van der Waals surface area contributed by atoms with E-state index in [4.69, 9.17) is 14.0 Å². The van der Waals surface area contributed by atoms with E-state index >= 15 is 0 Å². The normalized spacial score (nSPS) is 11.8. The fourth-order valence-corrected chi connectivity index (χ4v) is 2.17. The van der Waals surface area contributed by atoms with Gasteiger partial charge in [-0.2, -0.15) is 0 Å². The highest BCUT2D eigenvalue weighted by molar-refractivity contribution is 5.94. The van der Waals surface area contributed by atoms with Crippen LogP contribution in [0.15, 0.2) is 34.9 Å². The number of carbonyl (C=O) groups is 2. The first-order chi connectivity index (χ1) is 12.0. The summed E-state index contributed by atoms with van der Waals surface area (Å²) in [5.74, 6) is 0.600. The molecule has 1 atom stereocenters. The minimum absolute atomic E-state index is 0.0365. The first kappa shape index (κ1) is 18.7. The molecule has 7 nitrogen and oxygen atoms in total. The van der Waals surface area contributed by atoms with Crippen LogP contribution in [0.2, 0.25) is 0 Å². The molecule has 1 aromatic heterocycles. The van der Waals surface area contributed by atoms with Crippen molar-refractivity contribution in [3.05, 3.63) is 47.3 Å². The van der Waals surface area contributed by atoms with E-state index in [-0.39, 0.29) is 30.0 Å². The van der Waals surface area contributed by atoms with Gasteiger partial charge in [-0.15, -0.1) is 0 Å². The molecule has 0 bridgehead atoms. The monoisotopic (exact) mass is 346 g/mol. The molecule has 0 radical (unpaired) electrons. The van der Waals surface area contributed by atoms with Crippen LogP contribution in [0.3, 0.4) is 0 Å². The molecule has 2 aromatic rings. The molecule has 0 saturated carbocycles. The standard InChI is InChI=1S/C18H22N2O5/c1-4-14(10-23-3)19-18(22)17-9-16(25-20-17)11-24-15-7-5-6-13(8-15)12(2)21/h5-9,14H,4,10-11H2,1-3H3,(H,19,22)/t14-/m0/s1. The van der Waals surface area contributed by atoms with Crippen molar-refractivity contribution >= 4 is 11.7 Å². The summed E-state index contributed by atoms with van der Waals surface area (Å²) in [6.45, 7) is 3.99. The molecule has 0 spiro atoms. The number of amides is 1. The highest BCUT2D eigenvalue weighted by atomic mass is 16.5. The number of hydrogen-bond donors (Lipinski definition) is 1. The van der Waals surface area contributed by atoms with Gasteiger partial charge in [-0.1, -0.05) is 24.2 Å². The second-order valence-corrected chi connectivity index (χ2v) is 5.59. The summed E-state index contributed by atoms with van der Waals surface area (Å²) in [6.07, 6.45) is 0.750. The molecule has 134 valence electrons. The zero-order valence-corrected chi connectivity index (χ0v) is 14.6. The predicted octanol–water partition coefficient (Wildman–Crippen LogP) is 2.61.